The van der Waals surface area contributed by atoms with Gasteiger partial charge in [-0.2, -0.15) is 4.72 Å². The van der Waals surface area contributed by atoms with E-state index in [2.05, 4.69) is 10.0 Å². The van der Waals surface area contributed by atoms with E-state index in [1.54, 1.807) is 24.3 Å². The number of hydrogen-bond donors (Lipinski definition) is 2. The average Bonchev–Trinajstić information content (AvgIpc) is 2.75. The van der Waals surface area contributed by atoms with Gasteiger partial charge in [0, 0.05) is 24.8 Å². The molecule has 3 rings (SSSR count). The molecule has 1 unspecified atom stereocenters. The molecule has 0 fully saturated rings. The first-order valence-electron chi connectivity index (χ1n) is 9.08. The Morgan fingerprint density at radius 3 is 2.70 bits per heavy atom. The number of amides is 1. The fraction of sp³-hybridized carbons (Fsp3) is 0.190. The molecule has 2 aromatic rings. The summed E-state index contributed by atoms with van der Waals surface area (Å²) in [5.41, 5.74) is 0.927. The Morgan fingerprint density at radius 1 is 1.17 bits per heavy atom. The van der Waals surface area contributed by atoms with Crippen molar-refractivity contribution >= 4 is 33.6 Å². The molecule has 0 saturated carbocycles. The summed E-state index contributed by atoms with van der Waals surface area (Å²) in [6.45, 7) is 0.744. The smallest absolute Gasteiger partial charge is 0.251 e. The summed E-state index contributed by atoms with van der Waals surface area (Å²) in [7, 11) is -2.44. The van der Waals surface area contributed by atoms with Crippen LogP contribution in [0, 0.1) is 0 Å². The van der Waals surface area contributed by atoms with Crippen LogP contribution < -0.4 is 10.0 Å². The Kier molecular flexibility index (Phi) is 6.56. The number of nitrogens with one attached hydrogen (secondary N) is 2. The Bertz CT molecular complexity index is 1120. The normalized spacial score (nSPS) is 17.5. The molecule has 0 saturated heterocycles. The number of sulfonamides is 1. The zero-order valence-corrected chi connectivity index (χ0v) is 16.9. The number of ketones is 2. The number of carbonyl (C=O) groups excluding carboxylic acids is 3. The second-order valence-corrected chi connectivity index (χ2v) is 8.21. The third-order valence-electron chi connectivity index (χ3n) is 4.44. The minimum absolute atomic E-state index is 0.0160. The van der Waals surface area contributed by atoms with Gasteiger partial charge < -0.3 is 10.1 Å². The molecule has 1 atom stereocenters. The van der Waals surface area contributed by atoms with Crippen molar-refractivity contribution in [3.8, 4) is 0 Å². The SMILES string of the molecule is COCCNC(=O)c1cccc(C=CC(=O)C2NS(=O)(=O)c3ccccc3C2=O)c1. The summed E-state index contributed by atoms with van der Waals surface area (Å²) in [6, 6.07) is 10.7. The number of benzene rings is 2. The molecule has 1 aliphatic heterocycles. The zero-order chi connectivity index (χ0) is 21.7. The Hall–Kier alpha value is -3.14. The van der Waals surface area contributed by atoms with Crippen molar-refractivity contribution in [1.82, 2.24) is 10.0 Å². The van der Waals surface area contributed by atoms with Crippen LogP contribution in [-0.4, -0.2) is 52.2 Å². The molecule has 0 bridgehead atoms. The molecule has 0 radical (unpaired) electrons. The maximum Gasteiger partial charge on any atom is 0.251 e. The van der Waals surface area contributed by atoms with Crippen molar-refractivity contribution in [3.63, 3.8) is 0 Å². The predicted octanol–water partition coefficient (Wildman–Crippen LogP) is 1.19. The fourth-order valence-electron chi connectivity index (χ4n) is 2.95. The number of carbonyl (C=O) groups is 3. The minimum Gasteiger partial charge on any atom is -0.383 e. The maximum absolute atomic E-state index is 12.6. The first kappa shape index (κ1) is 21.6. The van der Waals surface area contributed by atoms with E-state index in [-0.39, 0.29) is 16.4 Å². The third kappa shape index (κ3) is 4.70. The Labute approximate surface area is 174 Å². The summed E-state index contributed by atoms with van der Waals surface area (Å²) in [4.78, 5) is 37.1. The molecule has 1 heterocycles. The molecule has 1 amide bonds. The van der Waals surface area contributed by atoms with Crippen molar-refractivity contribution in [2.45, 2.75) is 10.9 Å². The van der Waals surface area contributed by atoms with Crippen LogP contribution in [0.2, 0.25) is 0 Å². The largest absolute Gasteiger partial charge is 0.383 e. The van der Waals surface area contributed by atoms with Gasteiger partial charge in [-0.05, 0) is 35.9 Å². The number of methoxy groups -OCH3 is 1. The Morgan fingerprint density at radius 2 is 1.93 bits per heavy atom. The van der Waals surface area contributed by atoms with Gasteiger partial charge in [-0.25, -0.2) is 8.42 Å². The lowest BCUT2D eigenvalue weighted by molar-refractivity contribution is -0.115. The van der Waals surface area contributed by atoms with Crippen molar-refractivity contribution < 1.29 is 27.5 Å². The molecule has 2 aromatic carbocycles. The highest BCUT2D eigenvalue weighted by Gasteiger charge is 2.38. The van der Waals surface area contributed by atoms with Gasteiger partial charge in [0.25, 0.3) is 5.91 Å². The van der Waals surface area contributed by atoms with Gasteiger partial charge in [0.1, 0.15) is 6.04 Å². The van der Waals surface area contributed by atoms with E-state index < -0.39 is 27.6 Å². The summed E-state index contributed by atoms with van der Waals surface area (Å²) in [6.07, 6.45) is 2.55. The molecule has 0 spiro atoms. The molecule has 0 aliphatic carbocycles. The van der Waals surface area contributed by atoms with Crippen LogP contribution in [0.5, 0.6) is 0 Å². The molecule has 0 aromatic heterocycles. The highest BCUT2D eigenvalue weighted by Crippen LogP contribution is 2.23. The fourth-order valence-corrected chi connectivity index (χ4v) is 4.32. The van der Waals surface area contributed by atoms with E-state index in [4.69, 9.17) is 4.74 Å². The van der Waals surface area contributed by atoms with Crippen LogP contribution in [-0.2, 0) is 19.6 Å². The van der Waals surface area contributed by atoms with Crippen LogP contribution in [0.1, 0.15) is 26.3 Å². The topological polar surface area (TPSA) is 119 Å². The number of ether oxygens (including phenoxy) is 1. The molecule has 9 heteroatoms. The van der Waals surface area contributed by atoms with Crippen LogP contribution in [0.3, 0.4) is 0 Å². The predicted molar refractivity (Wildman–Crippen MR) is 110 cm³/mol. The van der Waals surface area contributed by atoms with E-state index in [9.17, 15) is 22.8 Å². The summed E-state index contributed by atoms with van der Waals surface area (Å²) < 4.78 is 31.7. The standard InChI is InChI=1S/C21H20N2O6S/c1-29-12-11-22-21(26)15-6-4-5-14(13-15)9-10-17(24)19-20(25)16-7-2-3-8-18(16)30(27,28)23-19/h2-10,13,19,23H,11-12H2,1H3,(H,22,26). The van der Waals surface area contributed by atoms with Gasteiger partial charge in [0.05, 0.1) is 11.5 Å². The zero-order valence-electron chi connectivity index (χ0n) is 16.1. The van der Waals surface area contributed by atoms with E-state index in [0.29, 0.717) is 24.3 Å². The second-order valence-electron chi connectivity index (χ2n) is 6.52. The van der Waals surface area contributed by atoms with Crippen LogP contribution >= 0.6 is 0 Å². The van der Waals surface area contributed by atoms with Crippen molar-refractivity contribution in [2.75, 3.05) is 20.3 Å². The number of fused-ring (bicyclic) bond motifs is 1. The van der Waals surface area contributed by atoms with E-state index in [0.717, 1.165) is 6.08 Å². The third-order valence-corrected chi connectivity index (χ3v) is 5.92. The molecular weight excluding hydrogens is 408 g/mol. The summed E-state index contributed by atoms with van der Waals surface area (Å²) in [5, 5.41) is 2.69. The number of rotatable bonds is 7. The van der Waals surface area contributed by atoms with Crippen molar-refractivity contribution in [1.29, 1.82) is 0 Å². The van der Waals surface area contributed by atoms with E-state index in [1.165, 1.54) is 37.5 Å². The molecule has 2 N–H and O–H groups in total. The van der Waals surface area contributed by atoms with Gasteiger partial charge in [0.2, 0.25) is 10.0 Å². The molecule has 156 valence electrons. The van der Waals surface area contributed by atoms with Crippen LogP contribution in [0.25, 0.3) is 6.08 Å². The van der Waals surface area contributed by atoms with Gasteiger partial charge in [-0.15, -0.1) is 0 Å². The number of Topliss-reactive ketones (excluding diaryl/α,β-unsaturated/α-hetero) is 1. The Balaban J connectivity index is 1.76. The minimum atomic E-state index is -3.97. The van der Waals surface area contributed by atoms with Crippen molar-refractivity contribution in [3.05, 3.63) is 71.3 Å². The highest BCUT2D eigenvalue weighted by molar-refractivity contribution is 7.89. The quantitative estimate of drug-likeness (QED) is 0.389. The van der Waals surface area contributed by atoms with E-state index in [1.807, 2.05) is 0 Å². The van der Waals surface area contributed by atoms with Gasteiger partial charge in [0.15, 0.2) is 11.6 Å². The average molecular weight is 428 g/mol. The number of hydrogen-bond acceptors (Lipinski definition) is 6. The lowest BCUT2D eigenvalue weighted by Gasteiger charge is -2.22. The van der Waals surface area contributed by atoms with Gasteiger partial charge >= 0.3 is 0 Å². The molecule has 8 nitrogen and oxygen atoms in total. The first-order chi connectivity index (χ1) is 14.3. The summed E-state index contributed by atoms with van der Waals surface area (Å²) in [5.74, 6) is -1.60. The molecule has 1 aliphatic rings. The van der Waals surface area contributed by atoms with Gasteiger partial charge in [-0.1, -0.05) is 30.3 Å². The molecular formula is C21H20N2O6S. The van der Waals surface area contributed by atoms with E-state index >= 15 is 0 Å². The van der Waals surface area contributed by atoms with Crippen LogP contribution in [0.4, 0.5) is 0 Å². The first-order valence-corrected chi connectivity index (χ1v) is 10.6. The molecule has 30 heavy (non-hydrogen) atoms. The maximum atomic E-state index is 12.6. The monoisotopic (exact) mass is 428 g/mol. The highest BCUT2D eigenvalue weighted by atomic mass is 32.2. The lowest BCUT2D eigenvalue weighted by Crippen LogP contribution is -2.49. The van der Waals surface area contributed by atoms with Crippen molar-refractivity contribution in [2.24, 2.45) is 0 Å². The van der Waals surface area contributed by atoms with Crippen LogP contribution in [0.15, 0.2) is 59.5 Å². The second kappa shape index (κ2) is 9.12. The summed E-state index contributed by atoms with van der Waals surface area (Å²) >= 11 is 0. The lowest BCUT2D eigenvalue weighted by atomic mass is 10.00. The van der Waals surface area contributed by atoms with Gasteiger partial charge in [-0.3, -0.25) is 14.4 Å².